The fourth-order valence-corrected chi connectivity index (χ4v) is 6.07. The Kier molecular flexibility index (Phi) is 7.38. The van der Waals surface area contributed by atoms with Crippen molar-refractivity contribution in [1.29, 1.82) is 0 Å². The molecule has 3 heterocycles. The second-order valence-corrected chi connectivity index (χ2v) is 10.4. The summed E-state index contributed by atoms with van der Waals surface area (Å²) >= 11 is 1.69. The predicted molar refractivity (Wildman–Crippen MR) is 137 cm³/mol. The number of amides is 1. The fraction of sp³-hybridized carbons (Fsp3) is 0.429. The summed E-state index contributed by atoms with van der Waals surface area (Å²) in [7, 11) is 0. The van der Waals surface area contributed by atoms with Crippen molar-refractivity contribution in [2.24, 2.45) is 0 Å². The number of carbonyl (C=O) groups is 1. The Hall–Kier alpha value is -2.54. The van der Waals surface area contributed by atoms with Crippen molar-refractivity contribution in [2.45, 2.75) is 44.1 Å². The molecule has 0 saturated carbocycles. The van der Waals surface area contributed by atoms with Gasteiger partial charge in [0.1, 0.15) is 5.01 Å². The Labute approximate surface area is 206 Å². The van der Waals surface area contributed by atoms with Gasteiger partial charge in [-0.3, -0.25) is 9.69 Å². The predicted octanol–water partition coefficient (Wildman–Crippen LogP) is 5.27. The van der Waals surface area contributed by atoms with Crippen LogP contribution in [0.1, 0.15) is 53.0 Å². The van der Waals surface area contributed by atoms with Crippen LogP contribution in [0.5, 0.6) is 0 Å². The molecule has 3 aromatic rings. The molecule has 1 aromatic heterocycles. The topological polar surface area (TPSA) is 54.5 Å². The van der Waals surface area contributed by atoms with Crippen LogP contribution in [0.2, 0.25) is 0 Å². The summed E-state index contributed by atoms with van der Waals surface area (Å²) < 4.78 is 5.66. The van der Waals surface area contributed by atoms with E-state index in [1.54, 1.807) is 11.3 Å². The largest absolute Gasteiger partial charge is 0.381 e. The molecule has 0 radical (unpaired) electrons. The number of hydrogen-bond donors (Lipinski definition) is 1. The quantitative estimate of drug-likeness (QED) is 0.506. The first-order chi connectivity index (χ1) is 16.7. The highest BCUT2D eigenvalue weighted by Gasteiger charge is 2.37. The van der Waals surface area contributed by atoms with E-state index < -0.39 is 0 Å². The van der Waals surface area contributed by atoms with Crippen LogP contribution in [0, 0.1) is 0 Å². The molecule has 2 aliphatic heterocycles. The van der Waals surface area contributed by atoms with Crippen LogP contribution in [-0.2, 0) is 16.7 Å². The first-order valence-corrected chi connectivity index (χ1v) is 13.3. The average molecular weight is 476 g/mol. The molecular weight excluding hydrogens is 442 g/mol. The molecule has 1 amide bonds. The van der Waals surface area contributed by atoms with Gasteiger partial charge >= 0.3 is 0 Å². The minimum absolute atomic E-state index is 0.0183. The van der Waals surface area contributed by atoms with Crippen LogP contribution in [-0.4, -0.2) is 48.6 Å². The summed E-state index contributed by atoms with van der Waals surface area (Å²) in [5.41, 5.74) is 3.94. The summed E-state index contributed by atoms with van der Waals surface area (Å²) in [5.74, 6) is -0.0183. The van der Waals surface area contributed by atoms with Gasteiger partial charge < -0.3 is 10.1 Å². The van der Waals surface area contributed by atoms with Crippen molar-refractivity contribution in [2.75, 3.05) is 32.8 Å². The number of hydrogen-bond acceptors (Lipinski definition) is 5. The maximum absolute atomic E-state index is 13.0. The fourth-order valence-electron chi connectivity index (χ4n) is 4.98. The molecule has 0 atom stereocenters. The molecule has 0 unspecified atom stereocenters. The van der Waals surface area contributed by atoms with Crippen molar-refractivity contribution >= 4 is 17.2 Å². The van der Waals surface area contributed by atoms with E-state index in [9.17, 15) is 4.79 Å². The zero-order valence-corrected chi connectivity index (χ0v) is 20.5. The monoisotopic (exact) mass is 475 g/mol. The SMILES string of the molecule is O=C(NCC1(c2nc(-c3ccccc3)cs2)CCOCC1)c1ccc(CN2CCCCC2)cc1. The second kappa shape index (κ2) is 10.8. The molecule has 2 saturated heterocycles. The van der Waals surface area contributed by atoms with Gasteiger partial charge in [0.2, 0.25) is 0 Å². The Morgan fingerprint density at radius 1 is 1.00 bits per heavy atom. The van der Waals surface area contributed by atoms with E-state index in [2.05, 4.69) is 39.9 Å². The molecule has 0 bridgehead atoms. The minimum atomic E-state index is -0.181. The lowest BCUT2D eigenvalue weighted by Crippen LogP contribution is -2.44. The summed E-state index contributed by atoms with van der Waals surface area (Å²) in [6, 6.07) is 18.4. The van der Waals surface area contributed by atoms with Crippen LogP contribution >= 0.6 is 11.3 Å². The highest BCUT2D eigenvalue weighted by atomic mass is 32.1. The van der Waals surface area contributed by atoms with Gasteiger partial charge in [-0.25, -0.2) is 4.98 Å². The van der Waals surface area contributed by atoms with E-state index >= 15 is 0 Å². The zero-order valence-electron chi connectivity index (χ0n) is 19.7. The number of rotatable bonds is 7. The number of likely N-dealkylation sites (tertiary alicyclic amines) is 1. The summed E-state index contributed by atoms with van der Waals surface area (Å²) in [4.78, 5) is 20.5. The minimum Gasteiger partial charge on any atom is -0.381 e. The third-order valence-electron chi connectivity index (χ3n) is 7.14. The van der Waals surface area contributed by atoms with Crippen molar-refractivity contribution in [1.82, 2.24) is 15.2 Å². The van der Waals surface area contributed by atoms with E-state index in [0.717, 1.165) is 35.7 Å². The van der Waals surface area contributed by atoms with Gasteiger partial charge in [0.05, 0.1) is 5.69 Å². The molecule has 34 heavy (non-hydrogen) atoms. The molecular formula is C28H33N3O2S. The standard InChI is InChI=1S/C28H33N3O2S/c32-26(24-11-9-22(10-12-24)19-31-15-5-2-6-16-31)29-21-28(13-17-33-18-14-28)27-30-25(20-34-27)23-7-3-1-4-8-23/h1,3-4,7-12,20H,2,5-6,13-19,21H2,(H,29,32). The average Bonchev–Trinajstić information content (AvgIpc) is 3.41. The molecule has 2 aliphatic rings. The van der Waals surface area contributed by atoms with E-state index in [4.69, 9.17) is 9.72 Å². The number of nitrogens with zero attached hydrogens (tertiary/aromatic N) is 2. The molecule has 5 rings (SSSR count). The van der Waals surface area contributed by atoms with Crippen LogP contribution in [0.25, 0.3) is 11.3 Å². The van der Waals surface area contributed by atoms with E-state index in [0.29, 0.717) is 25.3 Å². The van der Waals surface area contributed by atoms with Crippen LogP contribution in [0.15, 0.2) is 60.0 Å². The van der Waals surface area contributed by atoms with Crippen molar-refractivity contribution in [3.8, 4) is 11.3 Å². The number of ether oxygens (including phenoxy) is 1. The normalized spacial score (nSPS) is 18.5. The lowest BCUT2D eigenvalue weighted by atomic mass is 9.80. The molecule has 0 aliphatic carbocycles. The molecule has 0 spiro atoms. The lowest BCUT2D eigenvalue weighted by Gasteiger charge is -2.35. The lowest BCUT2D eigenvalue weighted by molar-refractivity contribution is 0.0486. The molecule has 1 N–H and O–H groups in total. The molecule has 6 heteroatoms. The van der Waals surface area contributed by atoms with Crippen LogP contribution in [0.4, 0.5) is 0 Å². The third-order valence-corrected chi connectivity index (χ3v) is 8.22. The number of benzene rings is 2. The van der Waals surface area contributed by atoms with E-state index in [1.165, 1.54) is 37.9 Å². The summed E-state index contributed by atoms with van der Waals surface area (Å²) in [6.07, 6.45) is 5.66. The maximum atomic E-state index is 13.0. The zero-order chi connectivity index (χ0) is 23.2. The second-order valence-electron chi connectivity index (χ2n) is 9.51. The summed E-state index contributed by atoms with van der Waals surface area (Å²) in [5, 5.41) is 6.44. The van der Waals surface area contributed by atoms with E-state index in [1.807, 2.05) is 30.3 Å². The molecule has 5 nitrogen and oxygen atoms in total. The van der Waals surface area contributed by atoms with Gasteiger partial charge in [0, 0.05) is 48.2 Å². The van der Waals surface area contributed by atoms with Crippen LogP contribution in [0.3, 0.4) is 0 Å². The highest BCUT2D eigenvalue weighted by molar-refractivity contribution is 7.10. The molecule has 178 valence electrons. The number of nitrogens with one attached hydrogen (secondary N) is 1. The van der Waals surface area contributed by atoms with Gasteiger partial charge in [0.15, 0.2) is 0 Å². The Morgan fingerprint density at radius 2 is 1.74 bits per heavy atom. The number of carbonyl (C=O) groups excluding carboxylic acids is 1. The first-order valence-electron chi connectivity index (χ1n) is 12.4. The Morgan fingerprint density at radius 3 is 2.47 bits per heavy atom. The number of piperidine rings is 1. The Balaban J connectivity index is 1.25. The number of aromatic nitrogens is 1. The first kappa shape index (κ1) is 23.2. The van der Waals surface area contributed by atoms with Crippen LogP contribution < -0.4 is 5.32 Å². The molecule has 2 aromatic carbocycles. The number of thiazole rings is 1. The molecule has 2 fully saturated rings. The van der Waals surface area contributed by atoms with Crippen molar-refractivity contribution < 1.29 is 9.53 Å². The van der Waals surface area contributed by atoms with Crippen molar-refractivity contribution in [3.63, 3.8) is 0 Å². The van der Waals surface area contributed by atoms with E-state index in [-0.39, 0.29) is 11.3 Å². The third kappa shape index (κ3) is 5.40. The van der Waals surface area contributed by atoms with Crippen molar-refractivity contribution in [3.05, 3.63) is 76.1 Å². The summed E-state index contributed by atoms with van der Waals surface area (Å²) in [6.45, 7) is 5.29. The van der Waals surface area contributed by atoms with Gasteiger partial charge in [-0.05, 0) is 56.5 Å². The maximum Gasteiger partial charge on any atom is 0.251 e. The van der Waals surface area contributed by atoms with Gasteiger partial charge in [-0.15, -0.1) is 11.3 Å². The van der Waals surface area contributed by atoms with Gasteiger partial charge in [-0.2, -0.15) is 0 Å². The van der Waals surface area contributed by atoms with Gasteiger partial charge in [-0.1, -0.05) is 48.9 Å². The highest BCUT2D eigenvalue weighted by Crippen LogP contribution is 2.38. The Bertz CT molecular complexity index is 1070. The smallest absolute Gasteiger partial charge is 0.251 e. The van der Waals surface area contributed by atoms with Gasteiger partial charge in [0.25, 0.3) is 5.91 Å².